The lowest BCUT2D eigenvalue weighted by atomic mass is 10.3. The van der Waals surface area contributed by atoms with E-state index in [2.05, 4.69) is 15.0 Å². The number of nitrogens with one attached hydrogen (secondary N) is 2. The van der Waals surface area contributed by atoms with Crippen molar-refractivity contribution in [1.82, 2.24) is 4.98 Å². The molecule has 2 N–H and O–H groups in total. The van der Waals surface area contributed by atoms with Crippen LogP contribution in [0.2, 0.25) is 10.0 Å². The minimum atomic E-state index is -3.80. The number of halogens is 2. The summed E-state index contributed by atoms with van der Waals surface area (Å²) in [4.78, 5) is 4.11. The molecule has 0 atom stereocenters. The smallest absolute Gasteiger partial charge is 0.264 e. The quantitative estimate of drug-likeness (QED) is 0.644. The fraction of sp³-hybridized carbons (Fsp3) is 0. The van der Waals surface area contributed by atoms with Gasteiger partial charge < -0.3 is 5.32 Å². The summed E-state index contributed by atoms with van der Waals surface area (Å²) >= 11 is 11.9. The first kappa shape index (κ1) is 17.5. The third kappa shape index (κ3) is 4.42. The molecule has 5 nitrogen and oxygen atoms in total. The highest BCUT2D eigenvalue weighted by molar-refractivity contribution is 7.92. The monoisotopic (exact) mass is 393 g/mol. The van der Waals surface area contributed by atoms with E-state index in [1.165, 1.54) is 18.3 Å². The van der Waals surface area contributed by atoms with Gasteiger partial charge in [0.15, 0.2) is 0 Å². The molecular weight excluding hydrogens is 381 g/mol. The maximum atomic E-state index is 12.4. The summed E-state index contributed by atoms with van der Waals surface area (Å²) in [5, 5.41) is 3.89. The van der Waals surface area contributed by atoms with Crippen LogP contribution in [-0.2, 0) is 10.0 Å². The van der Waals surface area contributed by atoms with E-state index < -0.39 is 10.0 Å². The van der Waals surface area contributed by atoms with Gasteiger partial charge in [0.1, 0.15) is 10.7 Å². The first-order chi connectivity index (χ1) is 11.9. The molecule has 0 aliphatic heterocycles. The van der Waals surface area contributed by atoms with Crippen molar-refractivity contribution >= 4 is 50.4 Å². The summed E-state index contributed by atoms with van der Waals surface area (Å²) in [5.41, 5.74) is 1.50. The van der Waals surface area contributed by atoms with Crippen molar-refractivity contribution in [3.63, 3.8) is 0 Å². The average Bonchev–Trinajstić information content (AvgIpc) is 2.57. The molecule has 0 saturated heterocycles. The fourth-order valence-corrected chi connectivity index (χ4v) is 3.84. The average molecular weight is 394 g/mol. The molecule has 0 amide bonds. The number of benzene rings is 2. The Hall–Kier alpha value is -2.28. The van der Waals surface area contributed by atoms with Gasteiger partial charge >= 0.3 is 0 Å². The van der Waals surface area contributed by atoms with E-state index in [4.69, 9.17) is 23.2 Å². The molecule has 1 aromatic heterocycles. The molecule has 25 heavy (non-hydrogen) atoms. The van der Waals surface area contributed by atoms with Gasteiger partial charge in [-0.15, -0.1) is 0 Å². The van der Waals surface area contributed by atoms with Crippen LogP contribution in [0.3, 0.4) is 0 Å². The molecule has 0 fully saturated rings. The Balaban J connectivity index is 1.75. The van der Waals surface area contributed by atoms with Gasteiger partial charge in [-0.2, -0.15) is 0 Å². The number of sulfonamides is 1. The first-order valence-electron chi connectivity index (χ1n) is 7.20. The van der Waals surface area contributed by atoms with Crippen LogP contribution in [0.25, 0.3) is 0 Å². The Morgan fingerprint density at radius 1 is 0.880 bits per heavy atom. The number of anilines is 3. The number of aromatic nitrogens is 1. The van der Waals surface area contributed by atoms with Crippen LogP contribution >= 0.6 is 23.2 Å². The Bertz CT molecular complexity index is 993. The predicted molar refractivity (Wildman–Crippen MR) is 101 cm³/mol. The molecule has 0 aliphatic carbocycles. The number of pyridine rings is 1. The zero-order valence-electron chi connectivity index (χ0n) is 12.8. The standard InChI is InChI=1S/C17H13Cl2N3O2S/c18-12-4-3-5-13(10-12)21-14-8-9-17(20-11-14)22-25(23,24)16-7-2-1-6-15(16)19/h1-11,21H,(H,20,22). The molecule has 0 unspecified atom stereocenters. The predicted octanol–water partition coefficient (Wildman–Crippen LogP) is 4.93. The molecule has 3 aromatic rings. The third-order valence-corrected chi connectivity index (χ3v) is 5.33. The lowest BCUT2D eigenvalue weighted by molar-refractivity contribution is 0.601. The molecule has 0 saturated carbocycles. The zero-order valence-corrected chi connectivity index (χ0v) is 15.1. The summed E-state index contributed by atoms with van der Waals surface area (Å²) in [7, 11) is -3.80. The summed E-state index contributed by atoms with van der Waals surface area (Å²) in [5.74, 6) is 0.191. The van der Waals surface area contributed by atoms with Crippen LogP contribution in [-0.4, -0.2) is 13.4 Å². The molecule has 1 heterocycles. The van der Waals surface area contributed by atoms with Gasteiger partial charge in [-0.3, -0.25) is 4.72 Å². The normalized spacial score (nSPS) is 11.1. The molecule has 0 spiro atoms. The van der Waals surface area contributed by atoms with Gasteiger partial charge in [0, 0.05) is 10.7 Å². The topological polar surface area (TPSA) is 71.1 Å². The van der Waals surface area contributed by atoms with E-state index in [1.54, 1.807) is 36.4 Å². The van der Waals surface area contributed by atoms with E-state index >= 15 is 0 Å². The van der Waals surface area contributed by atoms with Crippen LogP contribution < -0.4 is 10.0 Å². The van der Waals surface area contributed by atoms with Crippen LogP contribution in [0.15, 0.2) is 71.8 Å². The molecule has 0 radical (unpaired) electrons. The van der Waals surface area contributed by atoms with Gasteiger partial charge in [-0.05, 0) is 42.5 Å². The number of hydrogen-bond acceptors (Lipinski definition) is 4. The second-order valence-corrected chi connectivity index (χ2v) is 7.60. The number of nitrogens with zero attached hydrogens (tertiary/aromatic N) is 1. The van der Waals surface area contributed by atoms with Crippen molar-refractivity contribution < 1.29 is 8.42 Å². The van der Waals surface area contributed by atoms with Gasteiger partial charge in [0.25, 0.3) is 10.0 Å². The SMILES string of the molecule is O=S(=O)(Nc1ccc(Nc2cccc(Cl)c2)cn1)c1ccccc1Cl. The number of hydrogen-bond donors (Lipinski definition) is 2. The molecule has 128 valence electrons. The Morgan fingerprint density at radius 3 is 2.36 bits per heavy atom. The highest BCUT2D eigenvalue weighted by atomic mass is 35.5. The van der Waals surface area contributed by atoms with Gasteiger partial charge in [-0.25, -0.2) is 13.4 Å². The zero-order chi connectivity index (χ0) is 17.9. The van der Waals surface area contributed by atoms with Crippen LogP contribution in [0.4, 0.5) is 17.2 Å². The van der Waals surface area contributed by atoms with Gasteiger partial charge in [0.2, 0.25) is 0 Å². The van der Waals surface area contributed by atoms with E-state index in [-0.39, 0.29) is 15.7 Å². The Labute approximate surface area is 155 Å². The Kier molecular flexibility index (Phi) is 5.13. The van der Waals surface area contributed by atoms with Crippen molar-refractivity contribution in [2.75, 3.05) is 10.0 Å². The lowest BCUT2D eigenvalue weighted by Crippen LogP contribution is -2.14. The van der Waals surface area contributed by atoms with E-state index in [0.29, 0.717) is 10.7 Å². The van der Waals surface area contributed by atoms with Crippen LogP contribution in [0.5, 0.6) is 0 Å². The van der Waals surface area contributed by atoms with Crippen molar-refractivity contribution in [1.29, 1.82) is 0 Å². The Morgan fingerprint density at radius 2 is 1.68 bits per heavy atom. The lowest BCUT2D eigenvalue weighted by Gasteiger charge is -2.10. The van der Waals surface area contributed by atoms with Crippen molar-refractivity contribution in [3.8, 4) is 0 Å². The minimum absolute atomic E-state index is 0.000374. The largest absolute Gasteiger partial charge is 0.354 e. The molecule has 0 aliphatic rings. The second-order valence-electron chi connectivity index (χ2n) is 5.10. The van der Waals surface area contributed by atoms with E-state index in [9.17, 15) is 8.42 Å². The fourth-order valence-electron chi connectivity index (χ4n) is 2.12. The molecule has 3 rings (SSSR count). The van der Waals surface area contributed by atoms with Gasteiger partial charge in [-0.1, -0.05) is 41.4 Å². The second kappa shape index (κ2) is 7.31. The maximum absolute atomic E-state index is 12.4. The number of rotatable bonds is 5. The molecule has 8 heteroatoms. The van der Waals surface area contributed by atoms with Gasteiger partial charge in [0.05, 0.1) is 16.9 Å². The van der Waals surface area contributed by atoms with Crippen LogP contribution in [0, 0.1) is 0 Å². The van der Waals surface area contributed by atoms with Crippen LogP contribution in [0.1, 0.15) is 0 Å². The molecular formula is C17H13Cl2N3O2S. The van der Waals surface area contributed by atoms with Crippen molar-refractivity contribution in [2.45, 2.75) is 4.90 Å². The first-order valence-corrected chi connectivity index (χ1v) is 9.44. The summed E-state index contributed by atoms with van der Waals surface area (Å²) in [6.45, 7) is 0. The highest BCUT2D eigenvalue weighted by Gasteiger charge is 2.17. The summed E-state index contributed by atoms with van der Waals surface area (Å²) in [6.07, 6.45) is 1.52. The van der Waals surface area contributed by atoms with E-state index in [1.807, 2.05) is 12.1 Å². The molecule has 2 aromatic carbocycles. The van der Waals surface area contributed by atoms with Crippen molar-refractivity contribution in [3.05, 3.63) is 76.9 Å². The maximum Gasteiger partial charge on any atom is 0.264 e. The summed E-state index contributed by atoms with van der Waals surface area (Å²) < 4.78 is 27.1. The molecule has 0 bridgehead atoms. The highest BCUT2D eigenvalue weighted by Crippen LogP contribution is 2.24. The van der Waals surface area contributed by atoms with E-state index in [0.717, 1.165) is 5.69 Å². The summed E-state index contributed by atoms with van der Waals surface area (Å²) in [6, 6.07) is 16.7. The van der Waals surface area contributed by atoms with Crippen molar-refractivity contribution in [2.24, 2.45) is 0 Å². The minimum Gasteiger partial charge on any atom is -0.354 e. The third-order valence-electron chi connectivity index (χ3n) is 3.24.